The van der Waals surface area contributed by atoms with Crippen molar-refractivity contribution in [3.8, 4) is 0 Å². The fourth-order valence-corrected chi connectivity index (χ4v) is 4.74. The normalized spacial score (nSPS) is 26.8. The maximum atomic E-state index is 12.9. The molecule has 2 aliphatic heterocycles. The Bertz CT molecular complexity index is 684. The van der Waals surface area contributed by atoms with Gasteiger partial charge in [-0.25, -0.2) is 4.98 Å². The molecule has 1 fully saturated rings. The van der Waals surface area contributed by atoms with Crippen LogP contribution in [0.4, 0.5) is 0 Å². The van der Waals surface area contributed by atoms with Crippen LogP contribution in [-0.4, -0.2) is 51.4 Å². The third-order valence-corrected chi connectivity index (χ3v) is 6.51. The predicted octanol–water partition coefficient (Wildman–Crippen LogP) is 2.77. The van der Waals surface area contributed by atoms with E-state index in [-0.39, 0.29) is 5.92 Å². The Hall–Kier alpha value is -1.62. The first-order valence-corrected chi connectivity index (χ1v) is 10.3. The summed E-state index contributed by atoms with van der Waals surface area (Å²) >= 11 is 0. The monoisotopic (exact) mass is 356 g/mol. The molecule has 0 unspecified atom stereocenters. The first kappa shape index (κ1) is 17.8. The summed E-state index contributed by atoms with van der Waals surface area (Å²) in [4.78, 5) is 22.3. The van der Waals surface area contributed by atoms with E-state index in [2.05, 4.69) is 40.4 Å². The Morgan fingerprint density at radius 2 is 1.88 bits per heavy atom. The van der Waals surface area contributed by atoms with Crippen LogP contribution in [-0.2, 0) is 24.3 Å². The molecule has 0 bridgehead atoms. The van der Waals surface area contributed by atoms with E-state index < -0.39 is 0 Å². The highest BCUT2D eigenvalue weighted by atomic mass is 16.2. The molecule has 142 valence electrons. The summed E-state index contributed by atoms with van der Waals surface area (Å²) in [5.41, 5.74) is 2.59. The number of carbonyl (C=O) groups excluding carboxylic acids is 1. The standard InChI is InChI=1S/C21H32N4O/c1-16-7-3-4-8-18(16)21(26)24-13-11-23(12-14-24)15-19-17(2)22-20-9-5-6-10-25(19)20/h3-4,16,18H,5-15H2,1-2H3/t16-,18-/m1/s1. The number of allylic oxidation sites excluding steroid dienone is 2. The largest absolute Gasteiger partial charge is 0.340 e. The van der Waals surface area contributed by atoms with Gasteiger partial charge in [0.25, 0.3) is 0 Å². The van der Waals surface area contributed by atoms with E-state index >= 15 is 0 Å². The van der Waals surface area contributed by atoms with Crippen molar-refractivity contribution in [2.45, 2.75) is 59.0 Å². The minimum atomic E-state index is 0.190. The second-order valence-electron chi connectivity index (χ2n) is 8.30. The van der Waals surface area contributed by atoms with Crippen molar-refractivity contribution >= 4 is 5.91 Å². The molecule has 5 heteroatoms. The minimum Gasteiger partial charge on any atom is -0.340 e. The molecule has 3 heterocycles. The second-order valence-corrected chi connectivity index (χ2v) is 8.30. The van der Waals surface area contributed by atoms with Crippen molar-refractivity contribution < 1.29 is 4.79 Å². The van der Waals surface area contributed by atoms with E-state index in [0.717, 1.165) is 58.5 Å². The van der Waals surface area contributed by atoms with Crippen molar-refractivity contribution in [2.24, 2.45) is 11.8 Å². The summed E-state index contributed by atoms with van der Waals surface area (Å²) < 4.78 is 2.45. The Morgan fingerprint density at radius 1 is 1.12 bits per heavy atom. The van der Waals surface area contributed by atoms with Gasteiger partial charge in [-0.1, -0.05) is 19.1 Å². The molecule has 1 aromatic heterocycles. The van der Waals surface area contributed by atoms with Gasteiger partial charge in [0, 0.05) is 51.6 Å². The quantitative estimate of drug-likeness (QED) is 0.782. The van der Waals surface area contributed by atoms with Crippen molar-refractivity contribution in [1.29, 1.82) is 0 Å². The molecule has 2 atom stereocenters. The van der Waals surface area contributed by atoms with Crippen molar-refractivity contribution in [2.75, 3.05) is 26.2 Å². The first-order valence-electron chi connectivity index (χ1n) is 10.3. The lowest BCUT2D eigenvalue weighted by Gasteiger charge is -2.38. The molecule has 1 aliphatic carbocycles. The van der Waals surface area contributed by atoms with Crippen LogP contribution in [0.2, 0.25) is 0 Å². The Morgan fingerprint density at radius 3 is 2.65 bits per heavy atom. The molecule has 1 aromatic rings. The lowest BCUT2D eigenvalue weighted by molar-refractivity contribution is -0.139. The Kier molecular flexibility index (Phi) is 5.16. The van der Waals surface area contributed by atoms with Gasteiger partial charge in [0.05, 0.1) is 11.4 Å². The van der Waals surface area contributed by atoms with Gasteiger partial charge < -0.3 is 9.47 Å². The number of nitrogens with zero attached hydrogens (tertiary/aromatic N) is 4. The molecular formula is C21H32N4O. The lowest BCUT2D eigenvalue weighted by atomic mass is 9.83. The first-order chi connectivity index (χ1) is 12.6. The number of rotatable bonds is 3. The highest BCUT2D eigenvalue weighted by molar-refractivity contribution is 5.79. The highest BCUT2D eigenvalue weighted by Gasteiger charge is 2.31. The third-order valence-electron chi connectivity index (χ3n) is 6.51. The van der Waals surface area contributed by atoms with E-state index in [1.807, 2.05) is 0 Å². The zero-order valence-electron chi connectivity index (χ0n) is 16.3. The van der Waals surface area contributed by atoms with Crippen LogP contribution in [0, 0.1) is 18.8 Å². The highest BCUT2D eigenvalue weighted by Crippen LogP contribution is 2.27. The molecule has 5 nitrogen and oxygen atoms in total. The zero-order chi connectivity index (χ0) is 18.1. The smallest absolute Gasteiger partial charge is 0.226 e. The predicted molar refractivity (Wildman–Crippen MR) is 103 cm³/mol. The second kappa shape index (κ2) is 7.55. The summed E-state index contributed by atoms with van der Waals surface area (Å²) in [6.45, 7) is 10.1. The number of carbonyl (C=O) groups is 1. The molecule has 0 N–H and O–H groups in total. The van der Waals surface area contributed by atoms with Gasteiger partial charge in [0.2, 0.25) is 5.91 Å². The van der Waals surface area contributed by atoms with E-state index in [1.165, 1.54) is 30.1 Å². The molecule has 3 aliphatic rings. The zero-order valence-corrected chi connectivity index (χ0v) is 16.3. The van der Waals surface area contributed by atoms with Gasteiger partial charge in [-0.15, -0.1) is 0 Å². The number of aryl methyl sites for hydroxylation is 2. The fourth-order valence-electron chi connectivity index (χ4n) is 4.74. The topological polar surface area (TPSA) is 41.4 Å². The average Bonchev–Trinajstić information content (AvgIpc) is 2.98. The molecule has 4 rings (SSSR count). The summed E-state index contributed by atoms with van der Waals surface area (Å²) in [6, 6.07) is 0. The van der Waals surface area contributed by atoms with Crippen LogP contribution in [0.1, 0.15) is 49.8 Å². The Balaban J connectivity index is 1.35. The van der Waals surface area contributed by atoms with E-state index in [9.17, 15) is 4.79 Å². The van der Waals surface area contributed by atoms with Crippen LogP contribution in [0.3, 0.4) is 0 Å². The molecular weight excluding hydrogens is 324 g/mol. The summed E-state index contributed by atoms with van der Waals surface area (Å²) in [6.07, 6.45) is 10.0. The molecule has 0 saturated carbocycles. The fraction of sp³-hybridized carbons (Fsp3) is 0.714. The molecule has 26 heavy (non-hydrogen) atoms. The summed E-state index contributed by atoms with van der Waals surface area (Å²) in [5.74, 6) is 2.32. The van der Waals surface area contributed by atoms with Gasteiger partial charge >= 0.3 is 0 Å². The van der Waals surface area contributed by atoms with E-state index in [4.69, 9.17) is 4.98 Å². The van der Waals surface area contributed by atoms with Crippen LogP contribution < -0.4 is 0 Å². The molecule has 1 amide bonds. The number of amides is 1. The molecule has 0 radical (unpaired) electrons. The van der Waals surface area contributed by atoms with Gasteiger partial charge in [-0.3, -0.25) is 9.69 Å². The van der Waals surface area contributed by atoms with Crippen LogP contribution in [0.5, 0.6) is 0 Å². The third kappa shape index (κ3) is 3.46. The van der Waals surface area contributed by atoms with Crippen LogP contribution in [0.15, 0.2) is 12.2 Å². The average molecular weight is 357 g/mol. The number of aromatic nitrogens is 2. The number of imidazole rings is 1. The van der Waals surface area contributed by atoms with E-state index in [0.29, 0.717) is 11.8 Å². The van der Waals surface area contributed by atoms with Gasteiger partial charge in [0.1, 0.15) is 5.82 Å². The van der Waals surface area contributed by atoms with E-state index in [1.54, 1.807) is 0 Å². The van der Waals surface area contributed by atoms with Gasteiger partial charge in [0.15, 0.2) is 0 Å². The van der Waals surface area contributed by atoms with Crippen molar-refractivity contribution in [3.63, 3.8) is 0 Å². The van der Waals surface area contributed by atoms with Crippen LogP contribution in [0.25, 0.3) is 0 Å². The molecule has 0 spiro atoms. The van der Waals surface area contributed by atoms with Crippen LogP contribution >= 0.6 is 0 Å². The SMILES string of the molecule is Cc1nc2n(c1CN1CCN(C(=O)[C@@H]3CC=CC[C@H]3C)CC1)CCCC2. The number of fused-ring (bicyclic) bond motifs is 1. The molecule has 1 saturated heterocycles. The minimum absolute atomic E-state index is 0.190. The number of piperazine rings is 1. The van der Waals surface area contributed by atoms with Crippen molar-refractivity contribution in [3.05, 3.63) is 29.4 Å². The number of hydrogen-bond acceptors (Lipinski definition) is 3. The Labute approximate surface area is 157 Å². The lowest BCUT2D eigenvalue weighted by Crippen LogP contribution is -2.51. The molecule has 0 aromatic carbocycles. The maximum absolute atomic E-state index is 12.9. The summed E-state index contributed by atoms with van der Waals surface area (Å²) in [5, 5.41) is 0. The summed E-state index contributed by atoms with van der Waals surface area (Å²) in [7, 11) is 0. The van der Waals surface area contributed by atoms with Gasteiger partial charge in [-0.2, -0.15) is 0 Å². The number of hydrogen-bond donors (Lipinski definition) is 0. The maximum Gasteiger partial charge on any atom is 0.226 e. The van der Waals surface area contributed by atoms with Gasteiger partial charge in [-0.05, 0) is 38.5 Å². The van der Waals surface area contributed by atoms with Crippen molar-refractivity contribution in [1.82, 2.24) is 19.4 Å².